The van der Waals surface area contributed by atoms with Crippen molar-refractivity contribution in [3.63, 3.8) is 0 Å². The number of rotatable bonds is 4. The zero-order valence-electron chi connectivity index (χ0n) is 21.8. The Bertz CT molecular complexity index is 1420. The number of amides is 2. The summed E-state index contributed by atoms with van der Waals surface area (Å²) in [4.78, 5) is 47.4. The molecule has 11 heteroatoms. The van der Waals surface area contributed by atoms with Crippen LogP contribution in [0.2, 0.25) is 0 Å². The number of aryl methyl sites for hydroxylation is 1. The van der Waals surface area contributed by atoms with E-state index in [0.29, 0.717) is 24.3 Å². The third kappa shape index (κ3) is 5.36. The van der Waals surface area contributed by atoms with Gasteiger partial charge in [0, 0.05) is 49.4 Å². The van der Waals surface area contributed by atoms with Gasteiger partial charge in [-0.1, -0.05) is 0 Å². The molecule has 0 bridgehead atoms. The Hall–Kier alpha value is -3.89. The Morgan fingerprint density at radius 1 is 1.11 bits per heavy atom. The molecule has 0 spiro atoms. The molecular formula is C27H30F3N5O3. The molecule has 3 unspecified atom stereocenters. The van der Waals surface area contributed by atoms with E-state index >= 15 is 0 Å². The largest absolute Gasteiger partial charge is 0.416 e. The quantitative estimate of drug-likeness (QED) is 0.519. The molecule has 2 amide bonds. The molecule has 8 nitrogen and oxygen atoms in total. The number of nitrogens with zero attached hydrogens (tertiary/aromatic N) is 3. The van der Waals surface area contributed by atoms with Crippen LogP contribution in [0.4, 0.5) is 18.9 Å². The van der Waals surface area contributed by atoms with Gasteiger partial charge in [0.05, 0.1) is 16.5 Å². The van der Waals surface area contributed by atoms with E-state index < -0.39 is 23.3 Å². The molecule has 202 valence electrons. The van der Waals surface area contributed by atoms with E-state index in [4.69, 9.17) is 0 Å². The molecule has 1 aliphatic rings. The molecule has 4 rings (SSSR count). The lowest BCUT2D eigenvalue weighted by atomic mass is 9.98. The van der Waals surface area contributed by atoms with Gasteiger partial charge in [0.25, 0.3) is 11.5 Å². The first-order valence-corrected chi connectivity index (χ1v) is 12.3. The third-order valence-electron chi connectivity index (χ3n) is 6.85. The lowest BCUT2D eigenvalue weighted by molar-refractivity contribution is -0.138. The molecule has 1 aliphatic heterocycles. The maximum absolute atomic E-state index is 13.9. The number of carbonyl (C=O) groups is 2. The van der Waals surface area contributed by atoms with Crippen molar-refractivity contribution in [2.75, 3.05) is 18.4 Å². The van der Waals surface area contributed by atoms with Crippen LogP contribution in [0, 0.1) is 6.92 Å². The number of benzene rings is 2. The van der Waals surface area contributed by atoms with Gasteiger partial charge in [0.2, 0.25) is 5.91 Å². The van der Waals surface area contributed by atoms with Gasteiger partial charge in [-0.05, 0) is 69.7 Å². The minimum Gasteiger partial charge on any atom is -0.379 e. The molecular weight excluding hydrogens is 499 g/mol. The maximum atomic E-state index is 13.9. The first-order valence-electron chi connectivity index (χ1n) is 12.3. The van der Waals surface area contributed by atoms with Crippen LogP contribution in [-0.4, -0.2) is 56.8 Å². The summed E-state index contributed by atoms with van der Waals surface area (Å²) in [6.45, 7) is 9.22. The SMILES string of the molecule is CC(=O)N1C(C)CN(C(=O)c2ccc(NC(C)c3cc4c(=O)[nH]c(C)nc4cc3C(F)(F)F)cc2)CC1C. The number of hydrogen-bond acceptors (Lipinski definition) is 5. The smallest absolute Gasteiger partial charge is 0.379 e. The first kappa shape index (κ1) is 27.2. The average Bonchev–Trinajstić information content (AvgIpc) is 2.82. The maximum Gasteiger partial charge on any atom is 0.416 e. The summed E-state index contributed by atoms with van der Waals surface area (Å²) in [6.07, 6.45) is -4.64. The summed E-state index contributed by atoms with van der Waals surface area (Å²) in [6, 6.07) is 7.60. The molecule has 1 fully saturated rings. The van der Waals surface area contributed by atoms with Gasteiger partial charge in [0.15, 0.2) is 0 Å². The highest BCUT2D eigenvalue weighted by molar-refractivity contribution is 5.95. The normalized spacial score (nSPS) is 18.9. The van der Waals surface area contributed by atoms with E-state index in [-0.39, 0.29) is 46.2 Å². The predicted octanol–water partition coefficient (Wildman–Crippen LogP) is 4.50. The molecule has 3 atom stereocenters. The van der Waals surface area contributed by atoms with E-state index in [9.17, 15) is 27.6 Å². The Morgan fingerprint density at radius 2 is 1.71 bits per heavy atom. The molecule has 1 saturated heterocycles. The summed E-state index contributed by atoms with van der Waals surface area (Å²) in [5.74, 6) is 0.0222. The fraction of sp³-hybridized carbons (Fsp3) is 0.407. The minimum atomic E-state index is -4.64. The minimum absolute atomic E-state index is 0.0230. The number of carbonyl (C=O) groups excluding carboxylic acids is 2. The van der Waals surface area contributed by atoms with E-state index in [0.717, 1.165) is 6.07 Å². The Morgan fingerprint density at radius 3 is 2.26 bits per heavy atom. The van der Waals surface area contributed by atoms with Crippen molar-refractivity contribution >= 4 is 28.4 Å². The summed E-state index contributed by atoms with van der Waals surface area (Å²) in [5, 5.41) is 3.11. The molecule has 3 aromatic rings. The molecule has 2 heterocycles. The number of anilines is 1. The summed E-state index contributed by atoms with van der Waals surface area (Å²) < 4.78 is 41.7. The summed E-state index contributed by atoms with van der Waals surface area (Å²) in [7, 11) is 0. The second-order valence-electron chi connectivity index (χ2n) is 9.88. The topological polar surface area (TPSA) is 98.4 Å². The van der Waals surface area contributed by atoms with Crippen molar-refractivity contribution in [1.82, 2.24) is 19.8 Å². The zero-order chi connectivity index (χ0) is 27.9. The standard InChI is InChI=1S/C27H30F3N5O3/c1-14-12-34(13-15(2)35(14)18(5)36)26(38)19-6-8-20(9-7-19)31-16(3)21-10-22-24(11-23(21)27(28,29)30)32-17(4)33-25(22)37/h6-11,14-16,31H,12-13H2,1-5H3,(H,32,33,37). The van der Waals surface area contributed by atoms with Crippen LogP contribution < -0.4 is 10.9 Å². The highest BCUT2D eigenvalue weighted by Crippen LogP contribution is 2.37. The van der Waals surface area contributed by atoms with Gasteiger partial charge in [-0.25, -0.2) is 4.98 Å². The van der Waals surface area contributed by atoms with Gasteiger partial charge < -0.3 is 20.1 Å². The van der Waals surface area contributed by atoms with Gasteiger partial charge >= 0.3 is 6.18 Å². The van der Waals surface area contributed by atoms with E-state index in [1.54, 1.807) is 41.0 Å². The second-order valence-corrected chi connectivity index (χ2v) is 9.88. The molecule has 2 aromatic carbocycles. The van der Waals surface area contributed by atoms with Crippen molar-refractivity contribution in [3.05, 3.63) is 69.3 Å². The van der Waals surface area contributed by atoms with Crippen molar-refractivity contribution in [2.45, 2.75) is 58.9 Å². The van der Waals surface area contributed by atoms with Crippen molar-refractivity contribution in [2.24, 2.45) is 0 Å². The van der Waals surface area contributed by atoms with Crippen molar-refractivity contribution < 1.29 is 22.8 Å². The van der Waals surface area contributed by atoms with Gasteiger partial charge in [-0.2, -0.15) is 13.2 Å². The number of halogens is 3. The number of nitrogens with one attached hydrogen (secondary N) is 2. The molecule has 0 saturated carbocycles. The number of piperazine rings is 1. The van der Waals surface area contributed by atoms with Crippen LogP contribution in [0.15, 0.2) is 41.2 Å². The number of H-pyrrole nitrogens is 1. The second kappa shape index (κ2) is 10.1. The first-order chi connectivity index (χ1) is 17.8. The molecule has 2 N–H and O–H groups in total. The lowest BCUT2D eigenvalue weighted by Crippen LogP contribution is -2.59. The van der Waals surface area contributed by atoms with Crippen molar-refractivity contribution in [1.29, 1.82) is 0 Å². The highest BCUT2D eigenvalue weighted by atomic mass is 19.4. The number of aromatic nitrogens is 2. The van der Waals surface area contributed by atoms with Crippen LogP contribution in [0.1, 0.15) is 61.0 Å². The summed E-state index contributed by atoms with van der Waals surface area (Å²) >= 11 is 0. The lowest BCUT2D eigenvalue weighted by Gasteiger charge is -2.44. The monoisotopic (exact) mass is 529 g/mol. The van der Waals surface area contributed by atoms with Crippen LogP contribution >= 0.6 is 0 Å². The van der Waals surface area contributed by atoms with E-state index in [1.165, 1.54) is 19.9 Å². The summed E-state index contributed by atoms with van der Waals surface area (Å²) in [5.41, 5.74) is -0.541. The fourth-order valence-electron chi connectivity index (χ4n) is 5.25. The average molecular weight is 530 g/mol. The Balaban J connectivity index is 1.55. The number of hydrogen-bond donors (Lipinski definition) is 2. The van der Waals surface area contributed by atoms with Crippen LogP contribution in [0.3, 0.4) is 0 Å². The number of aromatic amines is 1. The fourth-order valence-corrected chi connectivity index (χ4v) is 5.25. The van der Waals surface area contributed by atoms with Crippen LogP contribution in [0.5, 0.6) is 0 Å². The Kier molecular flexibility index (Phi) is 7.22. The molecule has 0 aliphatic carbocycles. The van der Waals surface area contributed by atoms with Gasteiger partial charge in [0.1, 0.15) is 5.82 Å². The van der Waals surface area contributed by atoms with Gasteiger partial charge in [-0.15, -0.1) is 0 Å². The molecule has 0 radical (unpaired) electrons. The number of fused-ring (bicyclic) bond motifs is 1. The predicted molar refractivity (Wildman–Crippen MR) is 138 cm³/mol. The zero-order valence-corrected chi connectivity index (χ0v) is 21.8. The molecule has 38 heavy (non-hydrogen) atoms. The van der Waals surface area contributed by atoms with Crippen LogP contribution in [-0.2, 0) is 11.0 Å². The third-order valence-corrected chi connectivity index (χ3v) is 6.85. The van der Waals surface area contributed by atoms with Gasteiger partial charge in [-0.3, -0.25) is 14.4 Å². The van der Waals surface area contributed by atoms with E-state index in [2.05, 4.69) is 15.3 Å². The highest BCUT2D eigenvalue weighted by Gasteiger charge is 2.36. The van der Waals surface area contributed by atoms with Crippen molar-refractivity contribution in [3.8, 4) is 0 Å². The van der Waals surface area contributed by atoms with E-state index in [1.807, 2.05) is 13.8 Å². The van der Waals surface area contributed by atoms with Crippen LogP contribution in [0.25, 0.3) is 10.9 Å². The Labute approximate surface area is 217 Å². The number of alkyl halides is 3. The molecule has 1 aromatic heterocycles.